The first-order chi connectivity index (χ1) is 11.6. The lowest BCUT2D eigenvalue weighted by molar-refractivity contribution is 0.683. The molecule has 4 heteroatoms. The van der Waals surface area contributed by atoms with Crippen molar-refractivity contribution in [1.29, 1.82) is 0 Å². The second-order valence-electron chi connectivity index (χ2n) is 5.76. The minimum atomic E-state index is 0.0434. The van der Waals surface area contributed by atoms with Crippen LogP contribution < -0.4 is 5.56 Å². The van der Waals surface area contributed by atoms with Crippen LogP contribution in [0.25, 0.3) is 0 Å². The van der Waals surface area contributed by atoms with Gasteiger partial charge in [0, 0.05) is 30.5 Å². The molecule has 0 unspecified atom stereocenters. The lowest BCUT2D eigenvalue weighted by Gasteiger charge is -2.12. The maximum Gasteiger partial charge on any atom is 0.257 e. The van der Waals surface area contributed by atoms with Gasteiger partial charge in [-0.2, -0.15) is 0 Å². The van der Waals surface area contributed by atoms with Crippen molar-refractivity contribution < 1.29 is 0 Å². The zero-order chi connectivity index (χ0) is 16.9. The van der Waals surface area contributed by atoms with Crippen LogP contribution in [0, 0.1) is 6.92 Å². The lowest BCUT2D eigenvalue weighted by atomic mass is 10.1. The number of hydrogen-bond acceptors (Lipinski definition) is 3. The third-order valence-corrected chi connectivity index (χ3v) is 5.09. The Morgan fingerprint density at radius 3 is 2.17 bits per heavy atom. The van der Waals surface area contributed by atoms with Gasteiger partial charge in [-0.05, 0) is 18.1 Å². The molecule has 3 rings (SSSR count). The fraction of sp³-hybridized carbons (Fsp3) is 0.200. The summed E-state index contributed by atoms with van der Waals surface area (Å²) in [4.78, 5) is 17.4. The van der Waals surface area contributed by atoms with Gasteiger partial charge in [-0.15, -0.1) is 0 Å². The first kappa shape index (κ1) is 16.5. The number of benzene rings is 2. The molecule has 0 saturated heterocycles. The van der Waals surface area contributed by atoms with Crippen LogP contribution in [0.4, 0.5) is 0 Å². The summed E-state index contributed by atoms with van der Waals surface area (Å²) in [6, 6.07) is 20.3. The van der Waals surface area contributed by atoms with Crippen LogP contribution in [-0.4, -0.2) is 9.55 Å². The standard InChI is InChI=1S/C20H20N2OS/c1-15-18(13-16-9-5-3-6-10-16)19(23)22(2)20(21-15)24-14-17-11-7-4-8-12-17/h3-12H,13-14H2,1-2H3. The molecule has 0 saturated carbocycles. The van der Waals surface area contributed by atoms with Gasteiger partial charge in [0.05, 0.1) is 0 Å². The predicted octanol–water partition coefficient (Wildman–Crippen LogP) is 3.97. The predicted molar refractivity (Wildman–Crippen MR) is 99.5 cm³/mol. The largest absolute Gasteiger partial charge is 0.291 e. The molecule has 0 N–H and O–H groups in total. The van der Waals surface area contributed by atoms with Crippen molar-refractivity contribution in [3.05, 3.63) is 93.4 Å². The molecule has 0 fully saturated rings. The Morgan fingerprint density at radius 2 is 1.54 bits per heavy atom. The van der Waals surface area contributed by atoms with Crippen LogP contribution >= 0.6 is 11.8 Å². The molecule has 0 radical (unpaired) electrons. The van der Waals surface area contributed by atoms with Gasteiger partial charge in [0.1, 0.15) is 0 Å². The molecular formula is C20H20N2OS. The van der Waals surface area contributed by atoms with Crippen molar-refractivity contribution in [2.75, 3.05) is 0 Å². The molecule has 0 atom stereocenters. The van der Waals surface area contributed by atoms with Gasteiger partial charge in [0.2, 0.25) is 0 Å². The quantitative estimate of drug-likeness (QED) is 0.522. The molecule has 1 aromatic heterocycles. The number of hydrogen-bond donors (Lipinski definition) is 0. The Bertz CT molecular complexity index is 873. The second kappa shape index (κ2) is 7.49. The van der Waals surface area contributed by atoms with E-state index in [1.165, 1.54) is 5.56 Å². The summed E-state index contributed by atoms with van der Waals surface area (Å²) in [5, 5.41) is 0.762. The number of rotatable bonds is 5. The molecule has 0 bridgehead atoms. The van der Waals surface area contributed by atoms with Crippen LogP contribution in [0.5, 0.6) is 0 Å². The van der Waals surface area contributed by atoms with E-state index >= 15 is 0 Å². The van der Waals surface area contributed by atoms with E-state index in [1.807, 2.05) is 55.5 Å². The van der Waals surface area contributed by atoms with Crippen LogP contribution in [0.2, 0.25) is 0 Å². The van der Waals surface area contributed by atoms with Crippen LogP contribution in [-0.2, 0) is 19.2 Å². The van der Waals surface area contributed by atoms with Gasteiger partial charge in [-0.3, -0.25) is 9.36 Å². The highest BCUT2D eigenvalue weighted by Crippen LogP contribution is 2.21. The second-order valence-corrected chi connectivity index (χ2v) is 6.70. The van der Waals surface area contributed by atoms with Crippen molar-refractivity contribution >= 4 is 11.8 Å². The van der Waals surface area contributed by atoms with Gasteiger partial charge >= 0.3 is 0 Å². The van der Waals surface area contributed by atoms with E-state index < -0.39 is 0 Å². The summed E-state index contributed by atoms with van der Waals surface area (Å²) in [5.41, 5.74) is 3.99. The maximum absolute atomic E-state index is 12.7. The van der Waals surface area contributed by atoms with E-state index in [9.17, 15) is 4.79 Å². The first-order valence-corrected chi connectivity index (χ1v) is 8.91. The molecular weight excluding hydrogens is 316 g/mol. The molecule has 122 valence electrons. The fourth-order valence-electron chi connectivity index (χ4n) is 2.58. The van der Waals surface area contributed by atoms with E-state index in [0.717, 1.165) is 27.7 Å². The lowest BCUT2D eigenvalue weighted by Crippen LogP contribution is -2.25. The molecule has 2 aromatic carbocycles. The summed E-state index contributed by atoms with van der Waals surface area (Å²) >= 11 is 1.60. The molecule has 3 aromatic rings. The zero-order valence-electron chi connectivity index (χ0n) is 13.9. The molecule has 24 heavy (non-hydrogen) atoms. The van der Waals surface area contributed by atoms with Gasteiger partial charge in [0.25, 0.3) is 5.56 Å². The Morgan fingerprint density at radius 1 is 0.958 bits per heavy atom. The summed E-state index contributed by atoms with van der Waals surface area (Å²) in [7, 11) is 1.80. The van der Waals surface area contributed by atoms with E-state index in [1.54, 1.807) is 23.4 Å². The highest BCUT2D eigenvalue weighted by atomic mass is 32.2. The molecule has 0 spiro atoms. The summed E-state index contributed by atoms with van der Waals surface area (Å²) < 4.78 is 1.67. The van der Waals surface area contributed by atoms with Crippen LogP contribution in [0.3, 0.4) is 0 Å². The van der Waals surface area contributed by atoms with Gasteiger partial charge < -0.3 is 0 Å². The van der Waals surface area contributed by atoms with Gasteiger partial charge in [-0.1, -0.05) is 72.4 Å². The molecule has 3 nitrogen and oxygen atoms in total. The Balaban J connectivity index is 1.84. The van der Waals surface area contributed by atoms with Crippen molar-refractivity contribution in [3.8, 4) is 0 Å². The summed E-state index contributed by atoms with van der Waals surface area (Å²) in [6.45, 7) is 1.92. The number of aromatic nitrogens is 2. The average molecular weight is 336 g/mol. The highest BCUT2D eigenvalue weighted by molar-refractivity contribution is 7.98. The normalized spacial score (nSPS) is 10.8. The van der Waals surface area contributed by atoms with Crippen LogP contribution in [0.1, 0.15) is 22.4 Å². The minimum absolute atomic E-state index is 0.0434. The number of nitrogens with zero attached hydrogens (tertiary/aromatic N) is 2. The number of aryl methyl sites for hydroxylation is 1. The van der Waals surface area contributed by atoms with Gasteiger partial charge in [-0.25, -0.2) is 4.98 Å². The van der Waals surface area contributed by atoms with Gasteiger partial charge in [0.15, 0.2) is 5.16 Å². The highest BCUT2D eigenvalue weighted by Gasteiger charge is 2.13. The Kier molecular flexibility index (Phi) is 5.16. The third-order valence-electron chi connectivity index (χ3n) is 3.98. The first-order valence-electron chi connectivity index (χ1n) is 7.92. The van der Waals surface area contributed by atoms with Crippen molar-refractivity contribution in [3.63, 3.8) is 0 Å². The topological polar surface area (TPSA) is 34.9 Å². The zero-order valence-corrected chi connectivity index (χ0v) is 14.7. The van der Waals surface area contributed by atoms with Crippen molar-refractivity contribution in [2.45, 2.75) is 24.3 Å². The molecule has 0 amide bonds. The van der Waals surface area contributed by atoms with E-state index in [0.29, 0.717) is 6.42 Å². The summed E-state index contributed by atoms with van der Waals surface area (Å²) in [6.07, 6.45) is 0.621. The SMILES string of the molecule is Cc1nc(SCc2ccccc2)n(C)c(=O)c1Cc1ccccc1. The monoisotopic (exact) mass is 336 g/mol. The molecule has 0 aliphatic carbocycles. The van der Waals surface area contributed by atoms with E-state index in [4.69, 9.17) is 0 Å². The average Bonchev–Trinajstić information content (AvgIpc) is 2.62. The Hall–Kier alpha value is -2.33. The summed E-state index contributed by atoms with van der Waals surface area (Å²) in [5.74, 6) is 0.804. The van der Waals surface area contributed by atoms with Crippen LogP contribution in [0.15, 0.2) is 70.6 Å². The van der Waals surface area contributed by atoms with E-state index in [-0.39, 0.29) is 5.56 Å². The molecule has 0 aliphatic heterocycles. The molecule has 1 heterocycles. The Labute approximate surface area is 146 Å². The van der Waals surface area contributed by atoms with Crippen molar-refractivity contribution in [2.24, 2.45) is 7.05 Å². The fourth-order valence-corrected chi connectivity index (χ4v) is 3.55. The van der Waals surface area contributed by atoms with Crippen molar-refractivity contribution in [1.82, 2.24) is 9.55 Å². The van der Waals surface area contributed by atoms with E-state index in [2.05, 4.69) is 17.1 Å². The molecule has 0 aliphatic rings. The smallest absolute Gasteiger partial charge is 0.257 e. The maximum atomic E-state index is 12.7. The third kappa shape index (κ3) is 3.77. The minimum Gasteiger partial charge on any atom is -0.291 e. The number of thioether (sulfide) groups is 1.